The number of carbonyl (C=O) groups is 2. The molecule has 2 amide bonds. The minimum Gasteiger partial charge on any atom is -0.488 e. The smallest absolute Gasteiger partial charge is 0.408 e. The van der Waals surface area contributed by atoms with Crippen LogP contribution in [0.25, 0.3) is 17.0 Å². The highest BCUT2D eigenvalue weighted by atomic mass is 16.6. The Morgan fingerprint density at radius 3 is 2.76 bits per heavy atom. The minimum absolute atomic E-state index is 0.268. The van der Waals surface area contributed by atoms with Crippen molar-refractivity contribution in [2.75, 3.05) is 6.61 Å². The van der Waals surface area contributed by atoms with Gasteiger partial charge in [-0.3, -0.25) is 4.79 Å². The van der Waals surface area contributed by atoms with E-state index in [4.69, 9.17) is 9.47 Å². The molecule has 0 saturated heterocycles. The Morgan fingerprint density at radius 2 is 1.94 bits per heavy atom. The van der Waals surface area contributed by atoms with Gasteiger partial charge in [0.15, 0.2) is 0 Å². The third-order valence-corrected chi connectivity index (χ3v) is 5.17. The molecular weight excluding hydrogens is 432 g/mol. The standard InChI is InChI=1S/C26H28N4O4/c1-26(2,3)34-25(32)29-22(13-19-15-27-21-10-6-5-9-20(19)21)24(31)30-28-14-17-12-18-8-4-7-11-23(18)33-16-17/h4-12,14-15,22,27H,13,16H2,1-3H3,(H,29,32)(H,30,31)/b28-14-/t22-/m0/s1. The lowest BCUT2D eigenvalue weighted by molar-refractivity contribution is -0.123. The van der Waals surface area contributed by atoms with Gasteiger partial charge in [0.2, 0.25) is 0 Å². The van der Waals surface area contributed by atoms with E-state index < -0.39 is 23.6 Å². The predicted molar refractivity (Wildman–Crippen MR) is 132 cm³/mol. The summed E-state index contributed by atoms with van der Waals surface area (Å²) in [6.45, 7) is 5.66. The molecule has 1 atom stereocenters. The first-order valence-electron chi connectivity index (χ1n) is 11.1. The van der Waals surface area contributed by atoms with Crippen molar-refractivity contribution >= 4 is 35.2 Å². The van der Waals surface area contributed by atoms with Crippen LogP contribution in [0.2, 0.25) is 0 Å². The summed E-state index contributed by atoms with van der Waals surface area (Å²) < 4.78 is 11.1. The van der Waals surface area contributed by atoms with E-state index in [0.717, 1.165) is 33.4 Å². The quantitative estimate of drug-likeness (QED) is 0.379. The highest BCUT2D eigenvalue weighted by molar-refractivity contribution is 5.91. The van der Waals surface area contributed by atoms with Crippen molar-refractivity contribution in [3.05, 3.63) is 71.4 Å². The number of rotatable bonds is 6. The third-order valence-electron chi connectivity index (χ3n) is 5.17. The minimum atomic E-state index is -0.886. The molecule has 3 aromatic rings. The molecule has 0 radical (unpaired) electrons. The second-order valence-electron chi connectivity index (χ2n) is 9.04. The number of hydrogen-bond acceptors (Lipinski definition) is 5. The van der Waals surface area contributed by atoms with E-state index in [9.17, 15) is 9.59 Å². The Hall–Kier alpha value is -4.07. The van der Waals surface area contributed by atoms with Crippen LogP contribution >= 0.6 is 0 Å². The molecule has 3 N–H and O–H groups in total. The summed E-state index contributed by atoms with van der Waals surface area (Å²) in [5.41, 5.74) is 5.47. The summed E-state index contributed by atoms with van der Waals surface area (Å²) in [5, 5.41) is 7.75. The van der Waals surface area contributed by atoms with Gasteiger partial charge in [0.05, 0.1) is 6.21 Å². The molecule has 4 rings (SSSR count). The number of amides is 2. The first-order valence-corrected chi connectivity index (χ1v) is 11.1. The summed E-state index contributed by atoms with van der Waals surface area (Å²) in [6, 6.07) is 14.6. The summed E-state index contributed by atoms with van der Waals surface area (Å²) in [4.78, 5) is 28.6. The van der Waals surface area contributed by atoms with Crippen LogP contribution in [0, 0.1) is 0 Å². The highest BCUT2D eigenvalue weighted by Crippen LogP contribution is 2.25. The van der Waals surface area contributed by atoms with E-state index >= 15 is 0 Å². The van der Waals surface area contributed by atoms with Crippen LogP contribution < -0.4 is 15.5 Å². The van der Waals surface area contributed by atoms with Crippen molar-refractivity contribution in [2.45, 2.75) is 38.8 Å². The van der Waals surface area contributed by atoms with Gasteiger partial charge in [-0.15, -0.1) is 0 Å². The number of aromatic nitrogens is 1. The molecule has 2 aromatic carbocycles. The largest absolute Gasteiger partial charge is 0.488 e. The molecule has 0 aliphatic carbocycles. The first kappa shape index (κ1) is 23.1. The Morgan fingerprint density at radius 1 is 1.18 bits per heavy atom. The van der Waals surface area contributed by atoms with Crippen LogP contribution in [-0.4, -0.2) is 41.4 Å². The van der Waals surface area contributed by atoms with Crippen molar-refractivity contribution in [1.82, 2.24) is 15.7 Å². The number of H-pyrrole nitrogens is 1. The maximum atomic E-state index is 13.0. The fraction of sp³-hybridized carbons (Fsp3) is 0.269. The van der Waals surface area contributed by atoms with Gasteiger partial charge in [-0.05, 0) is 44.5 Å². The fourth-order valence-corrected chi connectivity index (χ4v) is 3.64. The van der Waals surface area contributed by atoms with Crippen LogP contribution in [0.3, 0.4) is 0 Å². The predicted octanol–water partition coefficient (Wildman–Crippen LogP) is 4.18. The van der Waals surface area contributed by atoms with Gasteiger partial charge in [0, 0.05) is 34.7 Å². The van der Waals surface area contributed by atoms with Crippen molar-refractivity contribution in [2.24, 2.45) is 5.10 Å². The number of hydrazone groups is 1. The molecular formula is C26H28N4O4. The number of hydrogen-bond donors (Lipinski definition) is 3. The monoisotopic (exact) mass is 460 g/mol. The number of fused-ring (bicyclic) bond motifs is 2. The average Bonchev–Trinajstić information content (AvgIpc) is 3.20. The van der Waals surface area contributed by atoms with Crippen LogP contribution in [0.1, 0.15) is 31.9 Å². The van der Waals surface area contributed by atoms with Gasteiger partial charge >= 0.3 is 6.09 Å². The Bertz CT molecular complexity index is 1250. The first-order chi connectivity index (χ1) is 16.3. The summed E-state index contributed by atoms with van der Waals surface area (Å²) >= 11 is 0. The molecule has 8 heteroatoms. The zero-order chi connectivity index (χ0) is 24.1. The number of ether oxygens (including phenoxy) is 2. The number of nitrogens with one attached hydrogen (secondary N) is 3. The molecule has 0 unspecified atom stereocenters. The van der Waals surface area contributed by atoms with Crippen molar-refractivity contribution in [3.8, 4) is 5.75 Å². The molecule has 176 valence electrons. The van der Waals surface area contributed by atoms with E-state index in [-0.39, 0.29) is 6.42 Å². The van der Waals surface area contributed by atoms with Crippen molar-refractivity contribution in [3.63, 3.8) is 0 Å². The van der Waals surface area contributed by atoms with Crippen LogP contribution in [-0.2, 0) is 16.0 Å². The van der Waals surface area contributed by atoms with Crippen molar-refractivity contribution < 1.29 is 19.1 Å². The lowest BCUT2D eigenvalue weighted by Crippen LogP contribution is -2.48. The normalized spacial score (nSPS) is 14.1. The lowest BCUT2D eigenvalue weighted by atomic mass is 10.0. The highest BCUT2D eigenvalue weighted by Gasteiger charge is 2.25. The number of aromatic amines is 1. The molecule has 34 heavy (non-hydrogen) atoms. The third kappa shape index (κ3) is 5.83. The van der Waals surface area contributed by atoms with E-state index in [2.05, 4.69) is 20.8 Å². The number of nitrogens with zero attached hydrogens (tertiary/aromatic N) is 1. The van der Waals surface area contributed by atoms with Gasteiger partial charge < -0.3 is 19.8 Å². The van der Waals surface area contributed by atoms with Gasteiger partial charge in [-0.25, -0.2) is 10.2 Å². The zero-order valence-corrected chi connectivity index (χ0v) is 19.4. The Kier molecular flexibility index (Phi) is 6.67. The van der Waals surface area contributed by atoms with E-state index in [1.807, 2.05) is 60.8 Å². The van der Waals surface area contributed by atoms with Crippen LogP contribution in [0.15, 0.2) is 65.4 Å². The number of para-hydroxylation sites is 2. The topological polar surface area (TPSA) is 105 Å². The number of benzene rings is 2. The lowest BCUT2D eigenvalue weighted by Gasteiger charge is -2.23. The van der Waals surface area contributed by atoms with Gasteiger partial charge in [-0.1, -0.05) is 36.4 Å². The maximum Gasteiger partial charge on any atom is 0.408 e. The average molecular weight is 461 g/mol. The molecule has 1 aliphatic rings. The Labute approximate surface area is 198 Å². The molecule has 2 heterocycles. The molecule has 1 aromatic heterocycles. The SMILES string of the molecule is CC(C)(C)OC(=O)N[C@@H](Cc1c[nH]c2ccccc12)C(=O)N/N=C\C1=Cc2ccccc2OC1. The van der Waals surface area contributed by atoms with Crippen LogP contribution in [0.5, 0.6) is 5.75 Å². The van der Waals surface area contributed by atoms with Crippen LogP contribution in [0.4, 0.5) is 4.79 Å². The Balaban J connectivity index is 1.47. The molecule has 0 saturated carbocycles. The summed E-state index contributed by atoms with van der Waals surface area (Å²) in [5.74, 6) is 0.356. The van der Waals surface area contributed by atoms with E-state index in [1.165, 1.54) is 0 Å². The summed E-state index contributed by atoms with van der Waals surface area (Å²) in [6.07, 6.45) is 4.94. The van der Waals surface area contributed by atoms with E-state index in [0.29, 0.717) is 6.61 Å². The number of alkyl carbamates (subject to hydrolysis) is 1. The molecule has 0 bridgehead atoms. The summed E-state index contributed by atoms with van der Waals surface area (Å²) in [7, 11) is 0. The zero-order valence-electron chi connectivity index (χ0n) is 19.4. The van der Waals surface area contributed by atoms with Crippen molar-refractivity contribution in [1.29, 1.82) is 0 Å². The molecule has 0 fully saturated rings. The molecule has 1 aliphatic heterocycles. The maximum absolute atomic E-state index is 13.0. The number of carbonyl (C=O) groups excluding carboxylic acids is 2. The van der Waals surface area contributed by atoms with Gasteiger partial charge in [0.25, 0.3) is 5.91 Å². The molecule has 8 nitrogen and oxygen atoms in total. The van der Waals surface area contributed by atoms with Gasteiger partial charge in [-0.2, -0.15) is 5.10 Å². The second-order valence-corrected chi connectivity index (χ2v) is 9.04. The van der Waals surface area contributed by atoms with Gasteiger partial charge in [0.1, 0.15) is 24.0 Å². The van der Waals surface area contributed by atoms with E-state index in [1.54, 1.807) is 27.0 Å². The second kappa shape index (κ2) is 9.82. The fourth-order valence-electron chi connectivity index (χ4n) is 3.64. The molecule has 0 spiro atoms.